The molecule has 0 radical (unpaired) electrons. The van der Waals surface area contributed by atoms with Crippen LogP contribution < -0.4 is 10.6 Å². The maximum Gasteiger partial charge on any atom is 0.236 e. The van der Waals surface area contributed by atoms with Crippen molar-refractivity contribution < 1.29 is 9.53 Å². The highest BCUT2D eigenvalue weighted by molar-refractivity contribution is 5.81. The first-order chi connectivity index (χ1) is 8.07. The van der Waals surface area contributed by atoms with E-state index >= 15 is 0 Å². The highest BCUT2D eigenvalue weighted by Crippen LogP contribution is 1.86. The molecule has 1 atom stereocenters. The molecule has 1 amide bonds. The van der Waals surface area contributed by atoms with E-state index in [9.17, 15) is 4.79 Å². The van der Waals surface area contributed by atoms with Crippen LogP contribution in [0.25, 0.3) is 0 Å². The lowest BCUT2D eigenvalue weighted by Gasteiger charge is -2.15. The molecule has 0 aromatic heterocycles. The Labute approximate surface area is 105 Å². The zero-order chi connectivity index (χ0) is 13.1. The molecule has 17 heavy (non-hydrogen) atoms. The molecule has 0 aliphatic heterocycles. The van der Waals surface area contributed by atoms with Crippen LogP contribution in [0.2, 0.25) is 0 Å². The van der Waals surface area contributed by atoms with Gasteiger partial charge in [0.05, 0.1) is 6.04 Å². The minimum absolute atomic E-state index is 0.0611. The van der Waals surface area contributed by atoms with Crippen molar-refractivity contribution >= 4 is 5.91 Å². The van der Waals surface area contributed by atoms with Gasteiger partial charge in [-0.1, -0.05) is 0 Å². The smallest absolute Gasteiger partial charge is 0.236 e. The van der Waals surface area contributed by atoms with Crippen molar-refractivity contribution in [3.8, 4) is 0 Å². The second-order valence-corrected chi connectivity index (χ2v) is 4.47. The van der Waals surface area contributed by atoms with Crippen molar-refractivity contribution in [2.45, 2.75) is 25.8 Å². The standard InChI is InChI=1S/C12H27N3O2/c1-11(13-7-5-9-15(2)3)12(16)14-8-6-10-17-4/h11,13H,5-10H2,1-4H3,(H,14,16). The summed E-state index contributed by atoms with van der Waals surface area (Å²) < 4.78 is 4.91. The topological polar surface area (TPSA) is 53.6 Å². The van der Waals surface area contributed by atoms with Crippen LogP contribution in [0, 0.1) is 0 Å². The summed E-state index contributed by atoms with van der Waals surface area (Å²) in [5, 5.41) is 6.08. The van der Waals surface area contributed by atoms with Gasteiger partial charge in [-0.05, 0) is 47.0 Å². The molecule has 0 heterocycles. The van der Waals surface area contributed by atoms with Crippen LogP contribution in [0.3, 0.4) is 0 Å². The Morgan fingerprint density at radius 1 is 1.29 bits per heavy atom. The highest BCUT2D eigenvalue weighted by atomic mass is 16.5. The lowest BCUT2D eigenvalue weighted by Crippen LogP contribution is -2.43. The quantitative estimate of drug-likeness (QED) is 0.535. The van der Waals surface area contributed by atoms with Gasteiger partial charge in [0.25, 0.3) is 0 Å². The maximum absolute atomic E-state index is 11.6. The van der Waals surface area contributed by atoms with Gasteiger partial charge >= 0.3 is 0 Å². The lowest BCUT2D eigenvalue weighted by atomic mass is 10.3. The number of rotatable bonds is 10. The zero-order valence-corrected chi connectivity index (χ0v) is 11.6. The molecule has 0 spiro atoms. The molecule has 1 unspecified atom stereocenters. The first kappa shape index (κ1) is 16.4. The molecule has 0 aromatic carbocycles. The van der Waals surface area contributed by atoms with Gasteiger partial charge in [-0.2, -0.15) is 0 Å². The highest BCUT2D eigenvalue weighted by Gasteiger charge is 2.10. The van der Waals surface area contributed by atoms with E-state index in [1.54, 1.807) is 7.11 Å². The Bertz CT molecular complexity index is 198. The molecule has 0 bridgehead atoms. The van der Waals surface area contributed by atoms with E-state index in [4.69, 9.17) is 4.74 Å². The Morgan fingerprint density at radius 2 is 2.00 bits per heavy atom. The number of ether oxygens (including phenoxy) is 1. The van der Waals surface area contributed by atoms with Crippen LogP contribution >= 0.6 is 0 Å². The largest absolute Gasteiger partial charge is 0.385 e. The summed E-state index contributed by atoms with van der Waals surface area (Å²) in [4.78, 5) is 13.7. The van der Waals surface area contributed by atoms with Crippen LogP contribution in [0.15, 0.2) is 0 Å². The van der Waals surface area contributed by atoms with Gasteiger partial charge in [0, 0.05) is 20.3 Å². The second-order valence-electron chi connectivity index (χ2n) is 4.47. The van der Waals surface area contributed by atoms with Crippen LogP contribution in [0.4, 0.5) is 0 Å². The van der Waals surface area contributed by atoms with Gasteiger partial charge in [0.2, 0.25) is 5.91 Å². The molecule has 5 nitrogen and oxygen atoms in total. The molecule has 0 saturated carbocycles. The maximum atomic E-state index is 11.6. The Balaban J connectivity index is 3.47. The molecule has 0 saturated heterocycles. The SMILES string of the molecule is COCCCNC(=O)C(C)NCCCN(C)C. The minimum Gasteiger partial charge on any atom is -0.385 e. The molecule has 102 valence electrons. The number of nitrogens with one attached hydrogen (secondary N) is 2. The number of nitrogens with zero attached hydrogens (tertiary/aromatic N) is 1. The number of carbonyl (C=O) groups is 1. The summed E-state index contributed by atoms with van der Waals surface area (Å²) in [6, 6.07) is -0.125. The van der Waals surface area contributed by atoms with Crippen molar-refractivity contribution in [2.75, 3.05) is 47.4 Å². The van der Waals surface area contributed by atoms with Crippen molar-refractivity contribution in [1.82, 2.24) is 15.5 Å². The average molecular weight is 245 g/mol. The summed E-state index contributed by atoms with van der Waals surface area (Å²) in [6.07, 6.45) is 1.91. The fourth-order valence-electron chi connectivity index (χ4n) is 1.39. The van der Waals surface area contributed by atoms with Gasteiger partial charge in [0.1, 0.15) is 0 Å². The van der Waals surface area contributed by atoms with Crippen molar-refractivity contribution in [3.63, 3.8) is 0 Å². The summed E-state index contributed by atoms with van der Waals surface area (Å²) in [5.41, 5.74) is 0. The zero-order valence-electron chi connectivity index (χ0n) is 11.6. The molecular weight excluding hydrogens is 218 g/mol. The molecular formula is C12H27N3O2. The van der Waals surface area contributed by atoms with Crippen molar-refractivity contribution in [2.24, 2.45) is 0 Å². The van der Waals surface area contributed by atoms with Crippen molar-refractivity contribution in [1.29, 1.82) is 0 Å². The number of amides is 1. The van der Waals surface area contributed by atoms with Gasteiger partial charge in [0.15, 0.2) is 0 Å². The molecule has 2 N–H and O–H groups in total. The number of methoxy groups -OCH3 is 1. The van der Waals surface area contributed by atoms with E-state index in [0.717, 1.165) is 25.9 Å². The lowest BCUT2D eigenvalue weighted by molar-refractivity contribution is -0.122. The predicted octanol–water partition coefficient (Wildman–Crippen LogP) is 0.0689. The third kappa shape index (κ3) is 10.2. The first-order valence-electron chi connectivity index (χ1n) is 6.22. The van der Waals surface area contributed by atoms with Crippen LogP contribution in [-0.2, 0) is 9.53 Å². The number of carbonyl (C=O) groups excluding carboxylic acids is 1. The van der Waals surface area contributed by atoms with E-state index in [2.05, 4.69) is 15.5 Å². The van der Waals surface area contributed by atoms with E-state index in [0.29, 0.717) is 13.2 Å². The third-order valence-corrected chi connectivity index (χ3v) is 2.45. The van der Waals surface area contributed by atoms with Crippen molar-refractivity contribution in [3.05, 3.63) is 0 Å². The van der Waals surface area contributed by atoms with Gasteiger partial charge in [-0.25, -0.2) is 0 Å². The number of hydrogen-bond acceptors (Lipinski definition) is 4. The summed E-state index contributed by atoms with van der Waals surface area (Å²) >= 11 is 0. The molecule has 0 fully saturated rings. The van der Waals surface area contributed by atoms with Crippen LogP contribution in [0.5, 0.6) is 0 Å². The Hall–Kier alpha value is -0.650. The Kier molecular flexibility index (Phi) is 10.1. The van der Waals surface area contributed by atoms with Gasteiger partial charge < -0.3 is 20.3 Å². The van der Waals surface area contributed by atoms with E-state index in [-0.39, 0.29) is 11.9 Å². The summed E-state index contributed by atoms with van der Waals surface area (Å²) in [6.45, 7) is 5.16. The fourth-order valence-corrected chi connectivity index (χ4v) is 1.39. The minimum atomic E-state index is -0.125. The predicted molar refractivity (Wildman–Crippen MR) is 70.1 cm³/mol. The van der Waals surface area contributed by atoms with E-state index < -0.39 is 0 Å². The fraction of sp³-hybridized carbons (Fsp3) is 0.917. The molecule has 0 aromatic rings. The molecule has 0 aliphatic carbocycles. The normalized spacial score (nSPS) is 12.8. The first-order valence-corrected chi connectivity index (χ1v) is 6.22. The summed E-state index contributed by atoms with van der Waals surface area (Å²) in [7, 11) is 5.76. The summed E-state index contributed by atoms with van der Waals surface area (Å²) in [5.74, 6) is 0.0611. The molecule has 0 aliphatic rings. The van der Waals surface area contributed by atoms with Crippen LogP contribution in [0.1, 0.15) is 19.8 Å². The second kappa shape index (κ2) is 10.5. The molecule has 5 heteroatoms. The molecule has 0 rings (SSSR count). The van der Waals surface area contributed by atoms with Gasteiger partial charge in [-0.15, -0.1) is 0 Å². The van der Waals surface area contributed by atoms with E-state index in [1.807, 2.05) is 21.0 Å². The average Bonchev–Trinajstić information content (AvgIpc) is 2.29. The Morgan fingerprint density at radius 3 is 2.59 bits per heavy atom. The number of hydrogen-bond donors (Lipinski definition) is 2. The van der Waals surface area contributed by atoms with Crippen LogP contribution in [-0.4, -0.2) is 64.3 Å². The van der Waals surface area contributed by atoms with Gasteiger partial charge in [-0.3, -0.25) is 4.79 Å². The third-order valence-electron chi connectivity index (χ3n) is 2.45. The monoisotopic (exact) mass is 245 g/mol. The van der Waals surface area contributed by atoms with E-state index in [1.165, 1.54) is 0 Å².